The van der Waals surface area contributed by atoms with E-state index in [1.807, 2.05) is 13.8 Å². The van der Waals surface area contributed by atoms with Gasteiger partial charge in [0.25, 0.3) is 5.91 Å². The highest BCUT2D eigenvalue weighted by molar-refractivity contribution is 5.99. The number of nitrogens with one attached hydrogen (secondary N) is 1. The Kier molecular flexibility index (Phi) is 7.62. The summed E-state index contributed by atoms with van der Waals surface area (Å²) in [6.45, 7) is 4.54. The highest BCUT2D eigenvalue weighted by atomic mass is 19.1. The predicted molar refractivity (Wildman–Crippen MR) is 119 cm³/mol. The molecule has 0 bridgehead atoms. The molecule has 1 aliphatic rings. The molecule has 0 spiro atoms. The van der Waals surface area contributed by atoms with Crippen LogP contribution in [0.2, 0.25) is 0 Å². The third-order valence-electron chi connectivity index (χ3n) is 5.89. The third kappa shape index (κ3) is 5.33. The first kappa shape index (κ1) is 23.4. The monoisotopic (exact) mass is 440 g/mol. The van der Waals surface area contributed by atoms with E-state index >= 15 is 0 Å². The minimum atomic E-state index is -0.768. The average molecular weight is 441 g/mol. The number of nitrogens with zero attached hydrogens (tertiary/aromatic N) is 1. The van der Waals surface area contributed by atoms with Gasteiger partial charge in [-0.1, -0.05) is 26.0 Å². The lowest BCUT2D eigenvalue weighted by Crippen LogP contribution is -2.53. The van der Waals surface area contributed by atoms with Gasteiger partial charge in [0, 0.05) is 24.6 Å². The molecule has 2 aromatic rings. The second-order valence-electron chi connectivity index (χ2n) is 8.37. The van der Waals surface area contributed by atoms with E-state index in [0.717, 1.165) is 0 Å². The standard InChI is InChI=1S/C25H29FN2O4/c1-16(2)22(27-24(30)20-6-4-5-7-21(20)26)25(31)28-14-12-18(13-15-28)23(29)17-8-10-19(32-3)11-9-17/h4-11,16,18,22H,12-15H2,1-3H3,(H,27,30). The third-order valence-corrected chi connectivity index (χ3v) is 5.89. The Morgan fingerprint density at radius 1 is 1.03 bits per heavy atom. The molecule has 7 heteroatoms. The van der Waals surface area contributed by atoms with Crippen molar-refractivity contribution in [2.24, 2.45) is 11.8 Å². The number of methoxy groups -OCH3 is 1. The summed E-state index contributed by atoms with van der Waals surface area (Å²) in [6.07, 6.45) is 1.12. The molecular weight excluding hydrogens is 411 g/mol. The number of hydrogen-bond donors (Lipinski definition) is 1. The number of hydrogen-bond acceptors (Lipinski definition) is 4. The molecule has 170 valence electrons. The molecule has 6 nitrogen and oxygen atoms in total. The number of benzene rings is 2. The first-order valence-corrected chi connectivity index (χ1v) is 10.8. The summed E-state index contributed by atoms with van der Waals surface area (Å²) in [5, 5.41) is 2.69. The van der Waals surface area contributed by atoms with Crippen molar-refractivity contribution >= 4 is 17.6 Å². The smallest absolute Gasteiger partial charge is 0.254 e. The van der Waals surface area contributed by atoms with Crippen molar-refractivity contribution < 1.29 is 23.5 Å². The molecule has 1 N–H and O–H groups in total. The summed E-state index contributed by atoms with van der Waals surface area (Å²) in [6, 6.07) is 12.0. The number of rotatable bonds is 7. The number of likely N-dealkylation sites (tertiary alicyclic amines) is 1. The fourth-order valence-corrected chi connectivity index (χ4v) is 3.93. The molecule has 0 saturated carbocycles. The van der Waals surface area contributed by atoms with Gasteiger partial charge >= 0.3 is 0 Å². The molecule has 0 radical (unpaired) electrons. The van der Waals surface area contributed by atoms with Gasteiger partial charge in [-0.05, 0) is 55.2 Å². The maximum atomic E-state index is 14.0. The molecule has 1 fully saturated rings. The zero-order valence-electron chi connectivity index (χ0n) is 18.6. The van der Waals surface area contributed by atoms with Crippen molar-refractivity contribution in [1.82, 2.24) is 10.2 Å². The molecule has 0 aliphatic carbocycles. The van der Waals surface area contributed by atoms with Crippen molar-refractivity contribution in [3.05, 3.63) is 65.5 Å². The van der Waals surface area contributed by atoms with Gasteiger partial charge in [0.2, 0.25) is 5.91 Å². The average Bonchev–Trinajstić information content (AvgIpc) is 2.81. The molecular formula is C25H29FN2O4. The summed E-state index contributed by atoms with van der Waals surface area (Å²) in [4.78, 5) is 40.2. The molecule has 2 amide bonds. The van der Waals surface area contributed by atoms with Gasteiger partial charge in [-0.15, -0.1) is 0 Å². The van der Waals surface area contributed by atoms with Crippen LogP contribution < -0.4 is 10.1 Å². The normalized spacial score (nSPS) is 15.3. The van der Waals surface area contributed by atoms with Crippen molar-refractivity contribution in [3.8, 4) is 5.75 Å². The number of amides is 2. The van der Waals surface area contributed by atoms with Gasteiger partial charge < -0.3 is 15.0 Å². The van der Waals surface area contributed by atoms with E-state index in [4.69, 9.17) is 4.74 Å². The van der Waals surface area contributed by atoms with Crippen LogP contribution in [0.5, 0.6) is 5.75 Å². The number of Topliss-reactive ketones (excluding diaryl/α,β-unsaturated/α-hetero) is 1. The van der Waals surface area contributed by atoms with Gasteiger partial charge in [0.1, 0.15) is 17.6 Å². The van der Waals surface area contributed by atoms with Crippen molar-refractivity contribution in [2.75, 3.05) is 20.2 Å². The van der Waals surface area contributed by atoms with Crippen LogP contribution in [0, 0.1) is 17.7 Å². The van der Waals surface area contributed by atoms with Crippen molar-refractivity contribution in [1.29, 1.82) is 0 Å². The van der Waals surface area contributed by atoms with Crippen LogP contribution in [0.25, 0.3) is 0 Å². The Balaban J connectivity index is 1.61. The summed E-state index contributed by atoms with van der Waals surface area (Å²) in [5.41, 5.74) is 0.544. The predicted octanol–water partition coefficient (Wildman–Crippen LogP) is 3.71. The van der Waals surface area contributed by atoms with Crippen LogP contribution in [0.4, 0.5) is 4.39 Å². The van der Waals surface area contributed by atoms with Crippen LogP contribution in [0.15, 0.2) is 48.5 Å². The number of halogens is 1. The summed E-state index contributed by atoms with van der Waals surface area (Å²) in [7, 11) is 1.58. The number of piperidine rings is 1. The zero-order chi connectivity index (χ0) is 23.3. The van der Waals surface area contributed by atoms with E-state index in [-0.39, 0.29) is 29.1 Å². The Morgan fingerprint density at radius 3 is 2.22 bits per heavy atom. The highest BCUT2D eigenvalue weighted by Gasteiger charge is 2.33. The molecule has 1 atom stereocenters. The van der Waals surface area contributed by atoms with Crippen LogP contribution in [0.3, 0.4) is 0 Å². The first-order valence-electron chi connectivity index (χ1n) is 10.8. The van der Waals surface area contributed by atoms with E-state index in [9.17, 15) is 18.8 Å². The highest BCUT2D eigenvalue weighted by Crippen LogP contribution is 2.24. The maximum absolute atomic E-state index is 14.0. The number of carbonyl (C=O) groups is 3. The summed E-state index contributed by atoms with van der Waals surface area (Å²) < 4.78 is 19.1. The lowest BCUT2D eigenvalue weighted by atomic mass is 9.88. The lowest BCUT2D eigenvalue weighted by molar-refractivity contribution is -0.135. The zero-order valence-corrected chi connectivity index (χ0v) is 18.6. The largest absolute Gasteiger partial charge is 0.497 e. The van der Waals surface area contributed by atoms with E-state index < -0.39 is 17.8 Å². The number of carbonyl (C=O) groups excluding carboxylic acids is 3. The molecule has 3 rings (SSSR count). The fourth-order valence-electron chi connectivity index (χ4n) is 3.93. The molecule has 1 aliphatic heterocycles. The Morgan fingerprint density at radius 2 is 1.66 bits per heavy atom. The fraction of sp³-hybridized carbons (Fsp3) is 0.400. The van der Waals surface area contributed by atoms with E-state index in [0.29, 0.717) is 37.2 Å². The molecule has 1 unspecified atom stereocenters. The SMILES string of the molecule is COc1ccc(C(=O)C2CCN(C(=O)C(NC(=O)c3ccccc3F)C(C)C)CC2)cc1. The summed E-state index contributed by atoms with van der Waals surface area (Å²) in [5.74, 6) is -1.01. The molecule has 2 aromatic carbocycles. The van der Waals surface area contributed by atoms with Gasteiger partial charge in [0.05, 0.1) is 12.7 Å². The van der Waals surface area contributed by atoms with Crippen LogP contribution in [-0.4, -0.2) is 48.7 Å². The van der Waals surface area contributed by atoms with Gasteiger partial charge in [0.15, 0.2) is 5.78 Å². The van der Waals surface area contributed by atoms with E-state index in [2.05, 4.69) is 5.32 Å². The number of ketones is 1. The molecule has 1 heterocycles. The van der Waals surface area contributed by atoms with Gasteiger partial charge in [-0.25, -0.2) is 4.39 Å². The lowest BCUT2D eigenvalue weighted by Gasteiger charge is -2.35. The first-order chi connectivity index (χ1) is 15.3. The Hall–Kier alpha value is -3.22. The second kappa shape index (κ2) is 10.4. The maximum Gasteiger partial charge on any atom is 0.254 e. The second-order valence-corrected chi connectivity index (χ2v) is 8.37. The summed E-state index contributed by atoms with van der Waals surface area (Å²) >= 11 is 0. The van der Waals surface area contributed by atoms with Crippen LogP contribution in [0.1, 0.15) is 47.4 Å². The van der Waals surface area contributed by atoms with Crippen LogP contribution >= 0.6 is 0 Å². The number of ether oxygens (including phenoxy) is 1. The topological polar surface area (TPSA) is 75.7 Å². The molecule has 1 saturated heterocycles. The Bertz CT molecular complexity index is 966. The van der Waals surface area contributed by atoms with Crippen molar-refractivity contribution in [2.45, 2.75) is 32.7 Å². The van der Waals surface area contributed by atoms with Gasteiger partial charge in [-0.2, -0.15) is 0 Å². The molecule has 0 aromatic heterocycles. The van der Waals surface area contributed by atoms with Crippen molar-refractivity contribution in [3.63, 3.8) is 0 Å². The minimum Gasteiger partial charge on any atom is -0.497 e. The van der Waals surface area contributed by atoms with E-state index in [1.54, 1.807) is 42.3 Å². The quantitative estimate of drug-likeness (QED) is 0.666. The Labute approximate surface area is 187 Å². The van der Waals surface area contributed by atoms with Crippen LogP contribution in [-0.2, 0) is 4.79 Å². The van der Waals surface area contributed by atoms with E-state index in [1.165, 1.54) is 18.2 Å². The van der Waals surface area contributed by atoms with Gasteiger partial charge in [-0.3, -0.25) is 14.4 Å². The minimum absolute atomic E-state index is 0.0630. The molecule has 32 heavy (non-hydrogen) atoms.